The van der Waals surface area contributed by atoms with Crippen LogP contribution in [-0.2, 0) is 20.7 Å². The highest BCUT2D eigenvalue weighted by atomic mass is 16.5. The van der Waals surface area contributed by atoms with Gasteiger partial charge in [-0.2, -0.15) is 4.98 Å². The maximum Gasteiger partial charge on any atom is 0.257 e. The minimum Gasteiger partial charge on any atom is -0.378 e. The lowest BCUT2D eigenvalue weighted by molar-refractivity contribution is -0.134. The van der Waals surface area contributed by atoms with Gasteiger partial charge in [0.25, 0.3) is 11.8 Å². The maximum atomic E-state index is 12.5. The molecule has 29 heavy (non-hydrogen) atoms. The lowest BCUT2D eigenvalue weighted by Gasteiger charge is -2.26. The predicted molar refractivity (Wildman–Crippen MR) is 104 cm³/mol. The molecule has 9 nitrogen and oxygen atoms in total. The van der Waals surface area contributed by atoms with Gasteiger partial charge in [0.05, 0.1) is 13.2 Å². The van der Waals surface area contributed by atoms with Gasteiger partial charge < -0.3 is 23.8 Å². The molecule has 1 aliphatic heterocycles. The molecular weight excluding hydrogens is 376 g/mol. The molecule has 1 aromatic heterocycles. The summed E-state index contributed by atoms with van der Waals surface area (Å²) in [6, 6.07) is 7.11. The van der Waals surface area contributed by atoms with Gasteiger partial charge in [0.1, 0.15) is 6.61 Å². The van der Waals surface area contributed by atoms with Crippen molar-refractivity contribution < 1.29 is 23.6 Å². The third-order valence-corrected chi connectivity index (χ3v) is 4.67. The number of aromatic nitrogens is 2. The molecular formula is C20H26N4O5. The Morgan fingerprint density at radius 1 is 1.21 bits per heavy atom. The summed E-state index contributed by atoms with van der Waals surface area (Å²) in [5.41, 5.74) is 1.35. The molecule has 1 saturated heterocycles. The summed E-state index contributed by atoms with van der Waals surface area (Å²) >= 11 is 0. The smallest absolute Gasteiger partial charge is 0.257 e. The maximum absolute atomic E-state index is 12.5. The number of carbonyl (C=O) groups is 2. The fourth-order valence-corrected chi connectivity index (χ4v) is 2.87. The fraction of sp³-hybridized carbons (Fsp3) is 0.500. The number of amides is 2. The van der Waals surface area contributed by atoms with E-state index in [-0.39, 0.29) is 18.4 Å². The number of likely N-dealkylation sites (N-methyl/N-ethyl adjacent to an activating group) is 1. The lowest BCUT2D eigenvalue weighted by Crippen LogP contribution is -2.40. The highest BCUT2D eigenvalue weighted by Crippen LogP contribution is 2.19. The molecule has 1 fully saturated rings. The molecule has 0 saturated carbocycles. The normalized spacial score (nSPS) is 14.1. The summed E-state index contributed by atoms with van der Waals surface area (Å²) in [7, 11) is 1.71. The topological polar surface area (TPSA) is 98.0 Å². The molecule has 0 spiro atoms. The fourth-order valence-electron chi connectivity index (χ4n) is 2.87. The molecule has 2 amide bonds. The number of carbonyl (C=O) groups excluding carboxylic acids is 2. The number of ether oxygens (including phenoxy) is 2. The number of rotatable bonds is 8. The largest absolute Gasteiger partial charge is 0.378 e. The van der Waals surface area contributed by atoms with Gasteiger partial charge in [-0.05, 0) is 31.2 Å². The molecule has 0 bridgehead atoms. The SMILES string of the molecule is CCOCC(=O)N(C)CCc1noc(-c2ccc(C(=O)N3CCOCC3)cc2)n1. The second kappa shape index (κ2) is 10.1. The Labute approximate surface area is 169 Å². The minimum atomic E-state index is -0.0870. The summed E-state index contributed by atoms with van der Waals surface area (Å²) in [6.45, 7) is 5.24. The Kier molecular flexibility index (Phi) is 7.31. The summed E-state index contributed by atoms with van der Waals surface area (Å²) in [5, 5.41) is 3.97. The molecule has 2 heterocycles. The molecule has 156 valence electrons. The van der Waals surface area contributed by atoms with Crippen LogP contribution in [-0.4, -0.2) is 84.9 Å². The Balaban J connectivity index is 1.56. The van der Waals surface area contributed by atoms with E-state index in [0.717, 1.165) is 5.56 Å². The van der Waals surface area contributed by atoms with E-state index in [9.17, 15) is 9.59 Å². The van der Waals surface area contributed by atoms with Gasteiger partial charge in [-0.25, -0.2) is 0 Å². The third kappa shape index (κ3) is 5.61. The summed E-state index contributed by atoms with van der Waals surface area (Å²) < 4.78 is 15.7. The van der Waals surface area contributed by atoms with Gasteiger partial charge in [0.2, 0.25) is 5.91 Å². The molecule has 3 rings (SSSR count). The van der Waals surface area contributed by atoms with Gasteiger partial charge in [-0.15, -0.1) is 0 Å². The molecule has 0 atom stereocenters. The highest BCUT2D eigenvalue weighted by molar-refractivity contribution is 5.94. The summed E-state index contributed by atoms with van der Waals surface area (Å²) in [6.07, 6.45) is 0.478. The number of morpholine rings is 1. The van der Waals surface area contributed by atoms with E-state index in [0.29, 0.717) is 63.2 Å². The van der Waals surface area contributed by atoms with Gasteiger partial charge in [-0.3, -0.25) is 9.59 Å². The molecule has 1 aliphatic rings. The molecule has 9 heteroatoms. The van der Waals surface area contributed by atoms with E-state index >= 15 is 0 Å². The van der Waals surface area contributed by atoms with Crippen molar-refractivity contribution in [3.8, 4) is 11.5 Å². The zero-order valence-corrected chi connectivity index (χ0v) is 16.8. The van der Waals surface area contributed by atoms with Crippen molar-refractivity contribution in [1.29, 1.82) is 0 Å². The van der Waals surface area contributed by atoms with Crippen LogP contribution in [0.25, 0.3) is 11.5 Å². The van der Waals surface area contributed by atoms with Crippen LogP contribution in [0.15, 0.2) is 28.8 Å². The number of nitrogens with zero attached hydrogens (tertiary/aromatic N) is 4. The molecule has 0 aliphatic carbocycles. The second-order valence-electron chi connectivity index (χ2n) is 6.70. The van der Waals surface area contributed by atoms with Gasteiger partial charge in [-0.1, -0.05) is 5.16 Å². The van der Waals surface area contributed by atoms with E-state index in [4.69, 9.17) is 14.0 Å². The number of hydrogen-bond acceptors (Lipinski definition) is 7. The van der Waals surface area contributed by atoms with Crippen LogP contribution < -0.4 is 0 Å². The van der Waals surface area contributed by atoms with Crippen molar-refractivity contribution in [1.82, 2.24) is 19.9 Å². The van der Waals surface area contributed by atoms with Crippen molar-refractivity contribution in [2.45, 2.75) is 13.3 Å². The first-order valence-electron chi connectivity index (χ1n) is 9.70. The van der Waals surface area contributed by atoms with E-state index in [1.165, 1.54) is 0 Å². The minimum absolute atomic E-state index is 0.00850. The first-order chi connectivity index (χ1) is 14.1. The van der Waals surface area contributed by atoms with Crippen molar-refractivity contribution in [3.05, 3.63) is 35.7 Å². The average molecular weight is 402 g/mol. The van der Waals surface area contributed by atoms with Gasteiger partial charge in [0, 0.05) is 50.8 Å². The Bertz CT molecular complexity index is 815. The Morgan fingerprint density at radius 3 is 2.62 bits per heavy atom. The summed E-state index contributed by atoms with van der Waals surface area (Å²) in [4.78, 5) is 32.1. The first kappa shape index (κ1) is 20.9. The van der Waals surface area contributed by atoms with E-state index < -0.39 is 0 Å². The standard InChI is InChI=1S/C20H26N4O5/c1-3-27-14-18(25)23(2)9-8-17-21-19(29-22-17)15-4-6-16(7-5-15)20(26)24-10-12-28-13-11-24/h4-7H,3,8-14H2,1-2H3. The Hall–Kier alpha value is -2.78. The molecule has 0 radical (unpaired) electrons. The number of benzene rings is 1. The van der Waals surface area contributed by atoms with Crippen LogP contribution in [0.1, 0.15) is 23.1 Å². The van der Waals surface area contributed by atoms with Crippen LogP contribution >= 0.6 is 0 Å². The average Bonchev–Trinajstić information content (AvgIpc) is 3.25. The van der Waals surface area contributed by atoms with Crippen LogP contribution in [0, 0.1) is 0 Å². The molecule has 1 aromatic carbocycles. The molecule has 0 unspecified atom stereocenters. The third-order valence-electron chi connectivity index (χ3n) is 4.67. The van der Waals surface area contributed by atoms with Crippen molar-refractivity contribution in [3.63, 3.8) is 0 Å². The highest BCUT2D eigenvalue weighted by Gasteiger charge is 2.19. The van der Waals surface area contributed by atoms with E-state index in [1.54, 1.807) is 41.1 Å². The molecule has 0 N–H and O–H groups in total. The van der Waals surface area contributed by atoms with Crippen LogP contribution in [0.5, 0.6) is 0 Å². The van der Waals surface area contributed by atoms with E-state index in [2.05, 4.69) is 10.1 Å². The van der Waals surface area contributed by atoms with E-state index in [1.807, 2.05) is 6.92 Å². The zero-order valence-electron chi connectivity index (χ0n) is 16.8. The van der Waals surface area contributed by atoms with Gasteiger partial charge >= 0.3 is 0 Å². The zero-order chi connectivity index (χ0) is 20.6. The monoisotopic (exact) mass is 402 g/mol. The second-order valence-corrected chi connectivity index (χ2v) is 6.70. The lowest BCUT2D eigenvalue weighted by atomic mass is 10.1. The van der Waals surface area contributed by atoms with Crippen LogP contribution in [0.4, 0.5) is 0 Å². The Morgan fingerprint density at radius 2 is 1.93 bits per heavy atom. The van der Waals surface area contributed by atoms with Crippen molar-refractivity contribution >= 4 is 11.8 Å². The quantitative estimate of drug-likeness (QED) is 0.655. The van der Waals surface area contributed by atoms with Crippen LogP contribution in [0.2, 0.25) is 0 Å². The summed E-state index contributed by atoms with van der Waals surface area (Å²) in [5.74, 6) is 0.806. The van der Waals surface area contributed by atoms with Crippen molar-refractivity contribution in [2.75, 3.05) is 53.1 Å². The predicted octanol–water partition coefficient (Wildman–Crippen LogP) is 1.25. The van der Waals surface area contributed by atoms with Gasteiger partial charge in [0.15, 0.2) is 5.82 Å². The van der Waals surface area contributed by atoms with Crippen molar-refractivity contribution in [2.24, 2.45) is 0 Å². The molecule has 2 aromatic rings. The van der Waals surface area contributed by atoms with Crippen LogP contribution in [0.3, 0.4) is 0 Å². The first-order valence-corrected chi connectivity index (χ1v) is 9.70. The number of hydrogen-bond donors (Lipinski definition) is 0.